The monoisotopic (exact) mass is 496 g/mol. The third-order valence-corrected chi connectivity index (χ3v) is 7.42. The Morgan fingerprint density at radius 3 is 2.46 bits per heavy atom. The van der Waals surface area contributed by atoms with Gasteiger partial charge in [0, 0.05) is 31.8 Å². The Kier molecular flexibility index (Phi) is 6.88. The van der Waals surface area contributed by atoms with Crippen LogP contribution in [0.4, 0.5) is 4.39 Å². The zero-order valence-electron chi connectivity index (χ0n) is 19.2. The average molecular weight is 497 g/mol. The number of phenols is 2. The predicted molar refractivity (Wildman–Crippen MR) is 130 cm³/mol. The maximum atomic E-state index is 13.3. The minimum absolute atomic E-state index is 0.0341. The summed E-state index contributed by atoms with van der Waals surface area (Å²) in [7, 11) is -0.974. The molecule has 0 spiro atoms. The van der Waals surface area contributed by atoms with Gasteiger partial charge in [-0.05, 0) is 48.5 Å². The van der Waals surface area contributed by atoms with Crippen LogP contribution < -0.4 is 5.32 Å². The van der Waals surface area contributed by atoms with Crippen molar-refractivity contribution in [3.63, 3.8) is 0 Å². The number of benzene rings is 3. The Morgan fingerprint density at radius 1 is 1.03 bits per heavy atom. The van der Waals surface area contributed by atoms with E-state index in [0.717, 1.165) is 21.6 Å². The number of nitrogens with one attached hydrogen (secondary N) is 1. The van der Waals surface area contributed by atoms with E-state index in [4.69, 9.17) is 0 Å². The first-order valence-corrected chi connectivity index (χ1v) is 12.2. The highest BCUT2D eigenvalue weighted by Crippen LogP contribution is 2.39. The molecule has 8 nitrogen and oxygen atoms in total. The molecule has 0 aliphatic rings. The van der Waals surface area contributed by atoms with Crippen molar-refractivity contribution in [2.75, 3.05) is 14.1 Å². The highest BCUT2D eigenvalue weighted by Gasteiger charge is 2.27. The fraction of sp³-hybridized carbons (Fsp3) is 0.160. The minimum atomic E-state index is -4.16. The summed E-state index contributed by atoms with van der Waals surface area (Å²) in [5.41, 5.74) is 2.92. The van der Waals surface area contributed by atoms with Gasteiger partial charge >= 0.3 is 0 Å². The molecule has 1 aromatic heterocycles. The van der Waals surface area contributed by atoms with E-state index >= 15 is 0 Å². The number of hydrogen-bond donors (Lipinski definition) is 3. The molecule has 0 amide bonds. The van der Waals surface area contributed by atoms with Gasteiger partial charge in [-0.3, -0.25) is 0 Å². The number of aromatic nitrogens is 2. The number of aromatic hydroxyl groups is 2. The van der Waals surface area contributed by atoms with Crippen LogP contribution >= 0.6 is 0 Å². The summed E-state index contributed by atoms with van der Waals surface area (Å²) >= 11 is 0. The fourth-order valence-corrected chi connectivity index (χ4v) is 5.07. The van der Waals surface area contributed by atoms with Gasteiger partial charge < -0.3 is 15.5 Å². The summed E-state index contributed by atoms with van der Waals surface area (Å²) < 4.78 is 42.5. The summed E-state index contributed by atoms with van der Waals surface area (Å²) in [6.07, 6.45) is 1.55. The van der Waals surface area contributed by atoms with Crippen LogP contribution in [0.1, 0.15) is 11.1 Å². The van der Waals surface area contributed by atoms with Crippen molar-refractivity contribution in [3.05, 3.63) is 89.9 Å². The molecule has 0 aliphatic heterocycles. The van der Waals surface area contributed by atoms with E-state index in [-0.39, 0.29) is 22.8 Å². The number of phenolic OH excluding ortho intramolecular Hbond substituents is 2. The maximum absolute atomic E-state index is 13.3. The summed E-state index contributed by atoms with van der Waals surface area (Å²) in [5, 5.41) is 28.6. The van der Waals surface area contributed by atoms with Crippen LogP contribution in [-0.2, 0) is 23.1 Å². The molecular formula is C25H25FN4O4S. The lowest BCUT2D eigenvalue weighted by Gasteiger charge is -2.19. The normalized spacial score (nSPS) is 11.8. The Bertz CT molecular complexity index is 1450. The second-order valence-electron chi connectivity index (χ2n) is 8.01. The van der Waals surface area contributed by atoms with E-state index in [1.165, 1.54) is 37.4 Å². The lowest BCUT2D eigenvalue weighted by molar-refractivity contribution is 0.430. The molecule has 0 atom stereocenters. The van der Waals surface area contributed by atoms with Crippen molar-refractivity contribution in [1.29, 1.82) is 0 Å². The maximum Gasteiger partial charge on any atom is 0.246 e. The first-order chi connectivity index (χ1) is 16.7. The SMILES string of the molecule is CNCc1ccccc1-n1nccc1-c1cc(S(=O)(=O)N(C)Cc2ccc(F)cc2)c(O)cc1O. The van der Waals surface area contributed by atoms with Crippen molar-refractivity contribution >= 4 is 10.0 Å². The second-order valence-corrected chi connectivity index (χ2v) is 10.0. The molecule has 0 saturated heterocycles. The van der Waals surface area contributed by atoms with Crippen LogP contribution in [0.3, 0.4) is 0 Å². The van der Waals surface area contributed by atoms with Gasteiger partial charge in [0.05, 0.1) is 17.6 Å². The zero-order chi connectivity index (χ0) is 25.2. The van der Waals surface area contributed by atoms with Crippen molar-refractivity contribution in [2.45, 2.75) is 18.0 Å². The van der Waals surface area contributed by atoms with Crippen LogP contribution in [0.25, 0.3) is 16.9 Å². The van der Waals surface area contributed by atoms with E-state index < -0.39 is 21.6 Å². The molecule has 35 heavy (non-hydrogen) atoms. The second kappa shape index (κ2) is 9.87. The van der Waals surface area contributed by atoms with Gasteiger partial charge in [-0.15, -0.1) is 0 Å². The molecule has 0 bridgehead atoms. The molecule has 4 rings (SSSR count). The molecule has 4 aromatic rings. The standard InChI is InChI=1S/C25H25FN4O4S/c1-27-15-18-5-3-4-6-21(18)30-22(11-12-28-30)20-13-25(24(32)14-23(20)31)35(33,34)29(2)16-17-7-9-19(26)10-8-17/h3-14,27,31-32H,15-16H2,1-2H3. The summed E-state index contributed by atoms with van der Waals surface area (Å²) in [6, 6.07) is 16.9. The molecule has 182 valence electrons. The van der Waals surface area contributed by atoms with E-state index in [2.05, 4.69) is 10.4 Å². The van der Waals surface area contributed by atoms with E-state index in [9.17, 15) is 23.0 Å². The van der Waals surface area contributed by atoms with Crippen LogP contribution in [0.15, 0.2) is 77.8 Å². The minimum Gasteiger partial charge on any atom is -0.507 e. The number of nitrogens with zero attached hydrogens (tertiary/aromatic N) is 3. The predicted octanol–water partition coefficient (Wildman–Crippen LogP) is 3.63. The Hall–Kier alpha value is -3.73. The third kappa shape index (κ3) is 4.90. The number of para-hydroxylation sites is 1. The zero-order valence-corrected chi connectivity index (χ0v) is 20.0. The molecule has 0 radical (unpaired) electrons. The number of sulfonamides is 1. The number of halogens is 1. The van der Waals surface area contributed by atoms with Crippen LogP contribution in [0, 0.1) is 5.82 Å². The quantitative estimate of drug-likeness (QED) is 0.344. The molecule has 3 aromatic carbocycles. The first kappa shape index (κ1) is 24.4. The lowest BCUT2D eigenvalue weighted by atomic mass is 10.1. The summed E-state index contributed by atoms with van der Waals surface area (Å²) in [4.78, 5) is -0.369. The molecule has 3 N–H and O–H groups in total. The van der Waals surface area contributed by atoms with Gasteiger partial charge in [0.25, 0.3) is 0 Å². The van der Waals surface area contributed by atoms with Crippen molar-refractivity contribution in [2.24, 2.45) is 0 Å². The van der Waals surface area contributed by atoms with Crippen molar-refractivity contribution in [3.8, 4) is 28.4 Å². The van der Waals surface area contributed by atoms with Crippen LogP contribution in [0.5, 0.6) is 11.5 Å². The average Bonchev–Trinajstić information content (AvgIpc) is 3.30. The Morgan fingerprint density at radius 2 is 1.74 bits per heavy atom. The Balaban J connectivity index is 1.76. The van der Waals surface area contributed by atoms with Crippen molar-refractivity contribution < 1.29 is 23.0 Å². The highest BCUT2D eigenvalue weighted by molar-refractivity contribution is 7.89. The topological polar surface area (TPSA) is 108 Å². The first-order valence-electron chi connectivity index (χ1n) is 10.8. The largest absolute Gasteiger partial charge is 0.507 e. The van der Waals surface area contributed by atoms with Crippen LogP contribution in [0.2, 0.25) is 0 Å². The van der Waals surface area contributed by atoms with Gasteiger partial charge in [0.1, 0.15) is 22.2 Å². The highest BCUT2D eigenvalue weighted by atomic mass is 32.2. The van der Waals surface area contributed by atoms with Crippen LogP contribution in [-0.4, -0.2) is 46.8 Å². The van der Waals surface area contributed by atoms with E-state index in [1.807, 2.05) is 31.3 Å². The number of hydrogen-bond acceptors (Lipinski definition) is 6. The van der Waals surface area contributed by atoms with E-state index in [0.29, 0.717) is 17.8 Å². The van der Waals surface area contributed by atoms with Gasteiger partial charge in [0.15, 0.2) is 0 Å². The molecule has 0 unspecified atom stereocenters. The van der Waals surface area contributed by atoms with Crippen molar-refractivity contribution in [1.82, 2.24) is 19.4 Å². The third-order valence-electron chi connectivity index (χ3n) is 5.59. The molecule has 10 heteroatoms. The Labute approximate surface area is 202 Å². The number of rotatable bonds is 8. The summed E-state index contributed by atoms with van der Waals surface area (Å²) in [5.74, 6) is -1.30. The smallest absolute Gasteiger partial charge is 0.246 e. The van der Waals surface area contributed by atoms with Gasteiger partial charge in [-0.25, -0.2) is 17.5 Å². The molecule has 0 fully saturated rings. The molecule has 1 heterocycles. The lowest BCUT2D eigenvalue weighted by Crippen LogP contribution is -2.26. The molecular weight excluding hydrogens is 471 g/mol. The summed E-state index contributed by atoms with van der Waals surface area (Å²) in [6.45, 7) is 0.540. The molecule has 0 aliphatic carbocycles. The van der Waals surface area contributed by atoms with Gasteiger partial charge in [-0.2, -0.15) is 9.40 Å². The van der Waals surface area contributed by atoms with Gasteiger partial charge in [-0.1, -0.05) is 30.3 Å². The van der Waals surface area contributed by atoms with Gasteiger partial charge in [0.2, 0.25) is 10.0 Å². The van der Waals surface area contributed by atoms with E-state index in [1.54, 1.807) is 16.9 Å². The molecule has 0 saturated carbocycles. The fourth-order valence-electron chi connectivity index (χ4n) is 3.83.